The number of rotatable bonds is 11. The summed E-state index contributed by atoms with van der Waals surface area (Å²) in [7, 11) is 3.00. The van der Waals surface area contributed by atoms with Gasteiger partial charge in [0, 0.05) is 18.2 Å². The summed E-state index contributed by atoms with van der Waals surface area (Å²) in [5, 5.41) is 14.8. The van der Waals surface area contributed by atoms with E-state index < -0.39 is 10.8 Å². The Balaban J connectivity index is 1.66. The third-order valence-corrected chi connectivity index (χ3v) is 4.84. The van der Waals surface area contributed by atoms with E-state index in [1.165, 1.54) is 32.6 Å². The van der Waals surface area contributed by atoms with E-state index >= 15 is 0 Å². The van der Waals surface area contributed by atoms with Gasteiger partial charge >= 0.3 is 0 Å². The summed E-state index contributed by atoms with van der Waals surface area (Å²) in [4.78, 5) is 22.8. The minimum Gasteiger partial charge on any atom is -0.497 e. The third-order valence-electron chi connectivity index (χ3n) is 4.84. The molecule has 0 heterocycles. The van der Waals surface area contributed by atoms with E-state index in [2.05, 4.69) is 10.5 Å². The van der Waals surface area contributed by atoms with Crippen LogP contribution in [0, 0.1) is 10.1 Å². The van der Waals surface area contributed by atoms with E-state index in [4.69, 9.17) is 18.9 Å². The molecule has 0 atom stereocenters. The van der Waals surface area contributed by atoms with Crippen LogP contribution in [0.5, 0.6) is 23.0 Å². The number of carbonyl (C=O) groups excluding carboxylic acids is 1. The lowest BCUT2D eigenvalue weighted by Gasteiger charge is -2.12. The van der Waals surface area contributed by atoms with Gasteiger partial charge in [0.1, 0.15) is 18.1 Å². The molecule has 3 aromatic rings. The summed E-state index contributed by atoms with van der Waals surface area (Å²) in [6.45, 7) is 2.48. The number of nitro benzene ring substituents is 1. The van der Waals surface area contributed by atoms with Gasteiger partial charge in [0.15, 0.2) is 11.5 Å². The zero-order valence-electron chi connectivity index (χ0n) is 19.5. The van der Waals surface area contributed by atoms with Crippen molar-refractivity contribution in [2.45, 2.75) is 13.5 Å². The minimum atomic E-state index is -0.450. The minimum absolute atomic E-state index is 0.0184. The summed E-state index contributed by atoms with van der Waals surface area (Å²) >= 11 is 0. The molecule has 0 saturated heterocycles. The average molecular weight is 479 g/mol. The molecule has 10 heteroatoms. The molecule has 0 saturated carbocycles. The molecule has 0 aliphatic carbocycles. The average Bonchev–Trinajstić information content (AvgIpc) is 2.88. The summed E-state index contributed by atoms with van der Waals surface area (Å²) in [6, 6.07) is 16.2. The fourth-order valence-corrected chi connectivity index (χ4v) is 3.08. The molecule has 0 bridgehead atoms. The van der Waals surface area contributed by atoms with Gasteiger partial charge in [-0.25, -0.2) is 5.43 Å². The monoisotopic (exact) mass is 479 g/mol. The summed E-state index contributed by atoms with van der Waals surface area (Å²) in [5.74, 6) is 1.51. The number of nitrogens with one attached hydrogen (secondary N) is 1. The maximum Gasteiger partial charge on any atom is 0.275 e. The van der Waals surface area contributed by atoms with E-state index in [-0.39, 0.29) is 12.3 Å². The van der Waals surface area contributed by atoms with Gasteiger partial charge in [-0.1, -0.05) is 0 Å². The SMILES string of the molecule is CCOc1cc(C=NNC(=O)c2ccc(OC)cc2OC)ccc1OCc1ccc([N+](=O)[O-])cc1. The van der Waals surface area contributed by atoms with Crippen LogP contribution in [0.3, 0.4) is 0 Å². The molecule has 0 unspecified atom stereocenters. The lowest BCUT2D eigenvalue weighted by molar-refractivity contribution is -0.384. The highest BCUT2D eigenvalue weighted by Crippen LogP contribution is 2.29. The van der Waals surface area contributed by atoms with Gasteiger partial charge in [-0.2, -0.15) is 5.10 Å². The molecular formula is C25H25N3O7. The smallest absolute Gasteiger partial charge is 0.275 e. The fourth-order valence-electron chi connectivity index (χ4n) is 3.08. The normalized spacial score (nSPS) is 10.6. The highest BCUT2D eigenvalue weighted by molar-refractivity contribution is 5.97. The van der Waals surface area contributed by atoms with Gasteiger partial charge < -0.3 is 18.9 Å². The van der Waals surface area contributed by atoms with Crippen LogP contribution >= 0.6 is 0 Å². The quantitative estimate of drug-likeness (QED) is 0.246. The first-order chi connectivity index (χ1) is 16.9. The van der Waals surface area contributed by atoms with Crippen LogP contribution in [-0.4, -0.2) is 37.9 Å². The summed E-state index contributed by atoms with van der Waals surface area (Å²) < 4.78 is 21.9. The van der Waals surface area contributed by atoms with E-state index in [1.807, 2.05) is 6.92 Å². The Kier molecular flexibility index (Phi) is 8.60. The number of hydrogen-bond acceptors (Lipinski definition) is 8. The van der Waals surface area contributed by atoms with Crippen LogP contribution in [0.25, 0.3) is 0 Å². The summed E-state index contributed by atoms with van der Waals surface area (Å²) in [6.07, 6.45) is 1.48. The second kappa shape index (κ2) is 12.0. The molecule has 182 valence electrons. The van der Waals surface area contributed by atoms with Crippen LogP contribution < -0.4 is 24.4 Å². The first-order valence-corrected chi connectivity index (χ1v) is 10.6. The zero-order valence-corrected chi connectivity index (χ0v) is 19.5. The van der Waals surface area contributed by atoms with Crippen LogP contribution in [0.1, 0.15) is 28.4 Å². The molecular weight excluding hydrogens is 454 g/mol. The Morgan fingerprint density at radius 1 is 0.971 bits per heavy atom. The van der Waals surface area contributed by atoms with E-state index in [9.17, 15) is 14.9 Å². The molecule has 0 aliphatic heterocycles. The largest absolute Gasteiger partial charge is 0.497 e. The Bertz CT molecular complexity index is 1210. The molecule has 3 rings (SSSR count). The van der Waals surface area contributed by atoms with Crippen molar-refractivity contribution < 1.29 is 28.7 Å². The number of methoxy groups -OCH3 is 2. The lowest BCUT2D eigenvalue weighted by atomic mass is 10.2. The zero-order chi connectivity index (χ0) is 25.2. The van der Waals surface area contributed by atoms with Crippen molar-refractivity contribution in [1.82, 2.24) is 5.43 Å². The van der Waals surface area contributed by atoms with Crippen LogP contribution in [0.4, 0.5) is 5.69 Å². The number of nitrogens with zero attached hydrogens (tertiary/aromatic N) is 2. The first kappa shape index (κ1) is 25.0. The van der Waals surface area contributed by atoms with Crippen molar-refractivity contribution >= 4 is 17.8 Å². The molecule has 0 fully saturated rings. The second-order valence-corrected chi connectivity index (χ2v) is 7.12. The molecule has 3 aromatic carbocycles. The lowest BCUT2D eigenvalue weighted by Crippen LogP contribution is -2.18. The Labute approximate surface area is 202 Å². The Morgan fingerprint density at radius 2 is 1.74 bits per heavy atom. The van der Waals surface area contributed by atoms with Gasteiger partial charge in [0.25, 0.3) is 11.6 Å². The van der Waals surface area contributed by atoms with Crippen molar-refractivity contribution in [1.29, 1.82) is 0 Å². The fraction of sp³-hybridized carbons (Fsp3) is 0.200. The molecule has 1 N–H and O–H groups in total. The van der Waals surface area contributed by atoms with Gasteiger partial charge in [0.05, 0.1) is 37.5 Å². The van der Waals surface area contributed by atoms with Gasteiger partial charge in [-0.3, -0.25) is 14.9 Å². The predicted octanol–water partition coefficient (Wildman–Crippen LogP) is 4.35. The van der Waals surface area contributed by atoms with Crippen molar-refractivity contribution in [2.75, 3.05) is 20.8 Å². The van der Waals surface area contributed by atoms with Gasteiger partial charge in [0.2, 0.25) is 0 Å². The predicted molar refractivity (Wildman–Crippen MR) is 130 cm³/mol. The van der Waals surface area contributed by atoms with E-state index in [0.717, 1.165) is 5.56 Å². The maximum atomic E-state index is 12.5. The number of ether oxygens (including phenoxy) is 4. The topological polar surface area (TPSA) is 122 Å². The number of non-ortho nitro benzene ring substituents is 1. The van der Waals surface area contributed by atoms with Gasteiger partial charge in [-0.15, -0.1) is 0 Å². The van der Waals surface area contributed by atoms with Crippen molar-refractivity contribution in [3.8, 4) is 23.0 Å². The molecule has 0 radical (unpaired) electrons. The second-order valence-electron chi connectivity index (χ2n) is 7.12. The van der Waals surface area contributed by atoms with Crippen LogP contribution in [-0.2, 0) is 6.61 Å². The van der Waals surface area contributed by atoms with Crippen molar-refractivity contribution in [2.24, 2.45) is 5.10 Å². The van der Waals surface area contributed by atoms with E-state index in [0.29, 0.717) is 40.7 Å². The Hall–Kier alpha value is -4.60. The van der Waals surface area contributed by atoms with Crippen molar-refractivity contribution in [3.05, 3.63) is 87.5 Å². The molecule has 35 heavy (non-hydrogen) atoms. The van der Waals surface area contributed by atoms with Crippen LogP contribution in [0.2, 0.25) is 0 Å². The number of amides is 1. The number of hydrogen-bond donors (Lipinski definition) is 1. The highest BCUT2D eigenvalue weighted by Gasteiger charge is 2.13. The van der Waals surface area contributed by atoms with E-state index in [1.54, 1.807) is 48.5 Å². The molecule has 0 aromatic heterocycles. The maximum absolute atomic E-state index is 12.5. The third kappa shape index (κ3) is 6.70. The van der Waals surface area contributed by atoms with Gasteiger partial charge in [-0.05, 0) is 60.5 Å². The highest BCUT2D eigenvalue weighted by atomic mass is 16.6. The number of carbonyl (C=O) groups is 1. The molecule has 10 nitrogen and oxygen atoms in total. The number of hydrazone groups is 1. The standard InChI is InChI=1S/C25H25N3O7/c1-4-34-24-13-18(7-12-22(24)35-16-17-5-8-19(9-6-17)28(30)31)15-26-27-25(29)21-11-10-20(32-2)14-23(21)33-3/h5-15H,4,16H2,1-3H3,(H,27,29). The van der Waals surface area contributed by atoms with Crippen molar-refractivity contribution in [3.63, 3.8) is 0 Å². The molecule has 1 amide bonds. The number of benzene rings is 3. The summed E-state index contributed by atoms with van der Waals surface area (Å²) in [5.41, 5.74) is 4.27. The molecule has 0 aliphatic rings. The van der Waals surface area contributed by atoms with Crippen LogP contribution in [0.15, 0.2) is 65.8 Å². The number of nitro groups is 1. The Morgan fingerprint density at radius 3 is 2.40 bits per heavy atom. The first-order valence-electron chi connectivity index (χ1n) is 10.6. The molecule has 0 spiro atoms.